The zero-order valence-electron chi connectivity index (χ0n) is 9.89. The second-order valence-electron chi connectivity index (χ2n) is 4.55. The Balaban J connectivity index is 2.31. The van der Waals surface area contributed by atoms with Crippen LogP contribution in [0.2, 0.25) is 0 Å². The van der Waals surface area contributed by atoms with Crippen molar-refractivity contribution >= 4 is 17.0 Å². The zero-order chi connectivity index (χ0) is 12.1. The monoisotopic (exact) mass is 248 g/mol. The fourth-order valence-electron chi connectivity index (χ4n) is 1.76. The van der Waals surface area contributed by atoms with Crippen LogP contribution in [0, 0.1) is 5.92 Å². The number of carbonyl (C=O) groups excluding carboxylic acids is 1. The van der Waals surface area contributed by atoms with Gasteiger partial charge >= 0.3 is 0 Å². The Labute approximate surface area is 99.1 Å². The molecule has 0 aromatic heterocycles. The lowest BCUT2D eigenvalue weighted by atomic mass is 10.1. The zero-order valence-corrected chi connectivity index (χ0v) is 10.7. The lowest BCUT2D eigenvalue weighted by molar-refractivity contribution is -0.133. The minimum absolute atomic E-state index is 0.187. The number of piperazine rings is 1. The first-order valence-electron chi connectivity index (χ1n) is 5.56. The summed E-state index contributed by atoms with van der Waals surface area (Å²) in [6.07, 6.45) is 0.589. The van der Waals surface area contributed by atoms with Crippen LogP contribution in [0.25, 0.3) is 0 Å². The van der Waals surface area contributed by atoms with Crippen molar-refractivity contribution in [3.8, 4) is 0 Å². The highest BCUT2D eigenvalue weighted by atomic mass is 32.2. The van der Waals surface area contributed by atoms with Gasteiger partial charge in [0.2, 0.25) is 5.91 Å². The van der Waals surface area contributed by atoms with E-state index in [9.17, 15) is 9.00 Å². The molecule has 0 radical (unpaired) electrons. The Morgan fingerprint density at radius 2 is 1.88 bits per heavy atom. The SMILES string of the molecule is CC(C)CC(=O)N1CCN(CS(=O)O)CC1. The van der Waals surface area contributed by atoms with Crippen LogP contribution in [0.1, 0.15) is 20.3 Å². The molecule has 1 aliphatic rings. The summed E-state index contributed by atoms with van der Waals surface area (Å²) >= 11 is -1.77. The molecule has 0 saturated carbocycles. The van der Waals surface area contributed by atoms with Gasteiger partial charge < -0.3 is 9.45 Å². The van der Waals surface area contributed by atoms with E-state index in [1.165, 1.54) is 0 Å². The van der Waals surface area contributed by atoms with E-state index >= 15 is 0 Å². The average molecular weight is 248 g/mol. The highest BCUT2D eigenvalue weighted by Gasteiger charge is 2.21. The molecule has 1 saturated heterocycles. The fourth-order valence-corrected chi connectivity index (χ4v) is 2.33. The molecule has 16 heavy (non-hydrogen) atoms. The summed E-state index contributed by atoms with van der Waals surface area (Å²) in [5.74, 6) is 0.766. The molecule has 0 aliphatic carbocycles. The molecule has 0 aromatic rings. The lowest BCUT2D eigenvalue weighted by Gasteiger charge is -2.34. The Morgan fingerprint density at radius 1 is 1.31 bits per heavy atom. The maximum atomic E-state index is 11.7. The quantitative estimate of drug-likeness (QED) is 0.730. The van der Waals surface area contributed by atoms with Crippen molar-refractivity contribution in [2.75, 3.05) is 32.1 Å². The van der Waals surface area contributed by atoms with Gasteiger partial charge in [0.05, 0.1) is 0 Å². The molecular formula is C10H20N2O3S. The van der Waals surface area contributed by atoms with Crippen LogP contribution in [-0.4, -0.2) is 56.5 Å². The van der Waals surface area contributed by atoms with Gasteiger partial charge in [0.25, 0.3) is 0 Å². The summed E-state index contributed by atoms with van der Waals surface area (Å²) in [6.45, 7) is 6.78. The number of carbonyl (C=O) groups is 1. The van der Waals surface area contributed by atoms with Gasteiger partial charge in [-0.05, 0) is 5.92 Å². The molecule has 1 fully saturated rings. The molecule has 5 nitrogen and oxygen atoms in total. The first-order chi connectivity index (χ1) is 7.49. The van der Waals surface area contributed by atoms with Crippen molar-refractivity contribution < 1.29 is 13.6 Å². The smallest absolute Gasteiger partial charge is 0.222 e. The third kappa shape index (κ3) is 4.59. The van der Waals surface area contributed by atoms with E-state index in [-0.39, 0.29) is 11.8 Å². The second kappa shape index (κ2) is 6.32. The summed E-state index contributed by atoms with van der Waals surface area (Å²) < 4.78 is 19.4. The van der Waals surface area contributed by atoms with Crippen molar-refractivity contribution in [3.05, 3.63) is 0 Å². The van der Waals surface area contributed by atoms with Crippen molar-refractivity contribution in [1.82, 2.24) is 9.80 Å². The average Bonchev–Trinajstić information content (AvgIpc) is 2.16. The molecule has 94 valence electrons. The highest BCUT2D eigenvalue weighted by Crippen LogP contribution is 2.08. The fraction of sp³-hybridized carbons (Fsp3) is 0.900. The van der Waals surface area contributed by atoms with Crippen LogP contribution >= 0.6 is 0 Å². The van der Waals surface area contributed by atoms with Crippen molar-refractivity contribution in [3.63, 3.8) is 0 Å². The highest BCUT2D eigenvalue weighted by molar-refractivity contribution is 7.79. The third-order valence-corrected chi connectivity index (χ3v) is 3.19. The number of hydrogen-bond donors (Lipinski definition) is 1. The van der Waals surface area contributed by atoms with Crippen LogP contribution in [0.15, 0.2) is 0 Å². The summed E-state index contributed by atoms with van der Waals surface area (Å²) in [5, 5.41) is 0. The summed E-state index contributed by atoms with van der Waals surface area (Å²) in [6, 6.07) is 0. The van der Waals surface area contributed by atoms with Gasteiger partial charge in [0.1, 0.15) is 5.88 Å². The topological polar surface area (TPSA) is 60.9 Å². The number of nitrogens with zero attached hydrogens (tertiary/aromatic N) is 2. The van der Waals surface area contributed by atoms with Gasteiger partial charge in [0, 0.05) is 32.6 Å². The summed E-state index contributed by atoms with van der Waals surface area (Å²) in [4.78, 5) is 15.5. The first kappa shape index (κ1) is 13.6. The van der Waals surface area contributed by atoms with Crippen LogP contribution in [0.5, 0.6) is 0 Å². The van der Waals surface area contributed by atoms with Crippen molar-refractivity contribution in [1.29, 1.82) is 0 Å². The minimum atomic E-state index is -1.77. The number of amides is 1. The third-order valence-electron chi connectivity index (χ3n) is 2.60. The van der Waals surface area contributed by atoms with Crippen LogP contribution < -0.4 is 0 Å². The van der Waals surface area contributed by atoms with Gasteiger partial charge in [-0.1, -0.05) is 13.8 Å². The Morgan fingerprint density at radius 3 is 2.31 bits per heavy atom. The second-order valence-corrected chi connectivity index (χ2v) is 5.45. The first-order valence-corrected chi connectivity index (χ1v) is 6.84. The molecule has 1 aliphatic heterocycles. The van der Waals surface area contributed by atoms with Gasteiger partial charge in [-0.15, -0.1) is 0 Å². The van der Waals surface area contributed by atoms with Gasteiger partial charge in [-0.25, -0.2) is 4.21 Å². The molecule has 6 heteroatoms. The molecule has 1 atom stereocenters. The predicted molar refractivity (Wildman–Crippen MR) is 63.2 cm³/mol. The molecular weight excluding hydrogens is 228 g/mol. The molecule has 1 unspecified atom stereocenters. The molecule has 1 rings (SSSR count). The summed E-state index contributed by atoms with van der Waals surface area (Å²) in [7, 11) is 0. The van der Waals surface area contributed by atoms with E-state index in [1.807, 2.05) is 23.6 Å². The number of rotatable bonds is 4. The molecule has 1 heterocycles. The Kier molecular flexibility index (Phi) is 5.37. The van der Waals surface area contributed by atoms with E-state index in [1.54, 1.807) is 0 Å². The maximum absolute atomic E-state index is 11.7. The minimum Gasteiger partial charge on any atom is -0.340 e. The van der Waals surface area contributed by atoms with Gasteiger partial charge in [0.15, 0.2) is 11.1 Å². The van der Waals surface area contributed by atoms with Crippen molar-refractivity contribution in [2.24, 2.45) is 5.92 Å². The van der Waals surface area contributed by atoms with Gasteiger partial charge in [-0.3, -0.25) is 9.69 Å². The van der Waals surface area contributed by atoms with Crippen molar-refractivity contribution in [2.45, 2.75) is 20.3 Å². The van der Waals surface area contributed by atoms with E-state index in [4.69, 9.17) is 4.55 Å². The largest absolute Gasteiger partial charge is 0.340 e. The van der Waals surface area contributed by atoms with Crippen LogP contribution in [-0.2, 0) is 15.9 Å². The van der Waals surface area contributed by atoms with Crippen LogP contribution in [0.3, 0.4) is 0 Å². The van der Waals surface area contributed by atoms with E-state index in [0.29, 0.717) is 38.5 Å². The Bertz CT molecular complexity index is 263. The molecule has 0 spiro atoms. The summed E-state index contributed by atoms with van der Waals surface area (Å²) in [5.41, 5.74) is 0. The maximum Gasteiger partial charge on any atom is 0.222 e. The van der Waals surface area contributed by atoms with E-state index < -0.39 is 11.1 Å². The molecule has 0 bridgehead atoms. The molecule has 0 aromatic carbocycles. The van der Waals surface area contributed by atoms with E-state index in [0.717, 1.165) is 0 Å². The standard InChI is InChI=1S/C10H20N2O3S/c1-9(2)7-10(13)12-5-3-11(4-6-12)8-16(14)15/h9H,3-8H2,1-2H3,(H,14,15). The molecule has 1 amide bonds. The lowest BCUT2D eigenvalue weighted by Crippen LogP contribution is -2.49. The van der Waals surface area contributed by atoms with Gasteiger partial charge in [-0.2, -0.15) is 0 Å². The normalized spacial score (nSPS) is 20.1. The Hall–Kier alpha value is -0.460. The molecule has 1 N–H and O–H groups in total. The number of hydrogen-bond acceptors (Lipinski definition) is 3. The van der Waals surface area contributed by atoms with E-state index in [2.05, 4.69) is 0 Å². The van der Waals surface area contributed by atoms with Crippen LogP contribution in [0.4, 0.5) is 0 Å². The predicted octanol–water partition coefficient (Wildman–Crippen LogP) is 0.356.